The van der Waals surface area contributed by atoms with Crippen LogP contribution < -0.4 is 10.8 Å². The number of nitrogens with one attached hydrogen (secondary N) is 2. The first-order valence-electron chi connectivity index (χ1n) is 7.52. The summed E-state index contributed by atoms with van der Waals surface area (Å²) in [5, 5.41) is 2.67. The molecule has 128 valence electrons. The van der Waals surface area contributed by atoms with Gasteiger partial charge in [0.15, 0.2) is 0 Å². The van der Waals surface area contributed by atoms with Crippen molar-refractivity contribution in [1.29, 1.82) is 0 Å². The van der Waals surface area contributed by atoms with Crippen molar-refractivity contribution in [1.82, 2.24) is 15.8 Å². The van der Waals surface area contributed by atoms with Gasteiger partial charge in [-0.15, -0.1) is 0 Å². The summed E-state index contributed by atoms with van der Waals surface area (Å²) in [6.45, 7) is 8.91. The minimum atomic E-state index is -0.623. The Balaban J connectivity index is 2.74. The molecule has 1 aromatic heterocycles. The largest absolute Gasteiger partial charge is 0.444 e. The predicted octanol–water partition coefficient (Wildman–Crippen LogP) is 2.49. The van der Waals surface area contributed by atoms with Gasteiger partial charge in [0.05, 0.1) is 24.3 Å². The van der Waals surface area contributed by atoms with Crippen molar-refractivity contribution in [3.8, 4) is 0 Å². The molecular formula is C16H25N3O4. The Morgan fingerprint density at radius 1 is 1.26 bits per heavy atom. The summed E-state index contributed by atoms with van der Waals surface area (Å²) in [4.78, 5) is 33.2. The number of hydrogen-bond acceptors (Lipinski definition) is 5. The highest BCUT2D eigenvalue weighted by atomic mass is 16.7. The third kappa shape index (κ3) is 8.15. The lowest BCUT2D eigenvalue weighted by Gasteiger charge is -2.23. The number of hydroxylamine groups is 1. The van der Waals surface area contributed by atoms with Gasteiger partial charge in [-0.1, -0.05) is 6.07 Å². The highest BCUT2D eigenvalue weighted by Gasteiger charge is 2.23. The van der Waals surface area contributed by atoms with E-state index in [0.717, 1.165) is 0 Å². The number of carbonyl (C=O) groups is 2. The summed E-state index contributed by atoms with van der Waals surface area (Å²) in [6.07, 6.45) is 0.849. The molecule has 2 amide bonds. The molecule has 7 nitrogen and oxygen atoms in total. The maximum Gasteiger partial charge on any atom is 0.408 e. The molecule has 0 radical (unpaired) electrons. The van der Waals surface area contributed by atoms with E-state index in [2.05, 4.69) is 15.8 Å². The molecule has 0 saturated heterocycles. The first-order valence-corrected chi connectivity index (χ1v) is 7.52. The molecule has 0 bridgehead atoms. The Labute approximate surface area is 136 Å². The molecule has 1 atom stereocenters. The standard InChI is InChI=1S/C16H25N3O4/c1-11(2)23-19-14(20)10-13(12-8-6-7-9-17-12)18-15(21)22-16(3,4)5/h6-9,11,13H,10H2,1-5H3,(H,18,21)(H,19,20). The second-order valence-electron chi connectivity index (χ2n) is 6.35. The van der Waals surface area contributed by atoms with E-state index in [1.807, 2.05) is 0 Å². The molecule has 0 aliphatic rings. The highest BCUT2D eigenvalue weighted by Crippen LogP contribution is 2.16. The van der Waals surface area contributed by atoms with Crippen molar-refractivity contribution in [2.24, 2.45) is 0 Å². The average Bonchev–Trinajstić information content (AvgIpc) is 2.43. The summed E-state index contributed by atoms with van der Waals surface area (Å²) in [6, 6.07) is 4.67. The molecule has 2 N–H and O–H groups in total. The van der Waals surface area contributed by atoms with Gasteiger partial charge in [-0.25, -0.2) is 10.3 Å². The van der Waals surface area contributed by atoms with Crippen molar-refractivity contribution in [2.75, 3.05) is 0 Å². The molecule has 1 unspecified atom stereocenters. The van der Waals surface area contributed by atoms with E-state index in [9.17, 15) is 9.59 Å². The number of amides is 2. The van der Waals surface area contributed by atoms with Crippen LogP contribution in [-0.4, -0.2) is 28.7 Å². The van der Waals surface area contributed by atoms with Crippen molar-refractivity contribution in [3.05, 3.63) is 30.1 Å². The molecule has 0 fully saturated rings. The lowest BCUT2D eigenvalue weighted by Crippen LogP contribution is -2.38. The maximum absolute atomic E-state index is 12.0. The van der Waals surface area contributed by atoms with Crippen LogP contribution in [0.1, 0.15) is 52.8 Å². The number of aromatic nitrogens is 1. The molecule has 7 heteroatoms. The number of pyridine rings is 1. The fourth-order valence-electron chi connectivity index (χ4n) is 1.67. The SMILES string of the molecule is CC(C)ONC(=O)CC(NC(=O)OC(C)(C)C)c1ccccn1. The number of carbonyl (C=O) groups excluding carboxylic acids is 2. The monoisotopic (exact) mass is 323 g/mol. The third-order valence-electron chi connectivity index (χ3n) is 2.53. The predicted molar refractivity (Wildman–Crippen MR) is 85.3 cm³/mol. The lowest BCUT2D eigenvalue weighted by molar-refractivity contribution is -0.137. The van der Waals surface area contributed by atoms with Crippen LogP contribution in [0.25, 0.3) is 0 Å². The molecule has 0 aliphatic carbocycles. The molecule has 0 aromatic carbocycles. The zero-order valence-corrected chi connectivity index (χ0v) is 14.3. The molecule has 0 saturated carbocycles. The van der Waals surface area contributed by atoms with Gasteiger partial charge in [-0.05, 0) is 46.8 Å². The smallest absolute Gasteiger partial charge is 0.408 e. The normalized spacial score (nSPS) is 12.6. The van der Waals surface area contributed by atoms with Crippen LogP contribution in [0.3, 0.4) is 0 Å². The van der Waals surface area contributed by atoms with Crippen LogP contribution in [-0.2, 0) is 14.4 Å². The van der Waals surface area contributed by atoms with E-state index in [1.165, 1.54) is 0 Å². The first kappa shape index (κ1) is 18.9. The van der Waals surface area contributed by atoms with Gasteiger partial charge >= 0.3 is 6.09 Å². The zero-order valence-electron chi connectivity index (χ0n) is 14.3. The Morgan fingerprint density at radius 2 is 1.96 bits per heavy atom. The van der Waals surface area contributed by atoms with Gasteiger partial charge in [0.1, 0.15) is 5.60 Å². The number of alkyl carbamates (subject to hydrolysis) is 1. The zero-order chi connectivity index (χ0) is 17.5. The van der Waals surface area contributed by atoms with E-state index in [-0.39, 0.29) is 18.4 Å². The molecule has 0 spiro atoms. The fourth-order valence-corrected chi connectivity index (χ4v) is 1.67. The van der Waals surface area contributed by atoms with Crippen molar-refractivity contribution in [2.45, 2.75) is 58.8 Å². The van der Waals surface area contributed by atoms with Crippen LogP contribution in [0.2, 0.25) is 0 Å². The van der Waals surface area contributed by atoms with Crippen LogP contribution >= 0.6 is 0 Å². The van der Waals surface area contributed by atoms with Crippen LogP contribution in [0.15, 0.2) is 24.4 Å². The second kappa shape index (κ2) is 8.47. The van der Waals surface area contributed by atoms with E-state index in [1.54, 1.807) is 59.0 Å². The van der Waals surface area contributed by atoms with Crippen molar-refractivity contribution < 1.29 is 19.2 Å². The van der Waals surface area contributed by atoms with Crippen molar-refractivity contribution in [3.63, 3.8) is 0 Å². The number of nitrogens with zero attached hydrogens (tertiary/aromatic N) is 1. The van der Waals surface area contributed by atoms with Crippen LogP contribution in [0.4, 0.5) is 4.79 Å². The Bertz CT molecular complexity index is 512. The van der Waals surface area contributed by atoms with E-state index in [0.29, 0.717) is 5.69 Å². The maximum atomic E-state index is 12.0. The van der Waals surface area contributed by atoms with Gasteiger partial charge in [-0.2, -0.15) is 0 Å². The Morgan fingerprint density at radius 3 is 2.48 bits per heavy atom. The highest BCUT2D eigenvalue weighted by molar-refractivity contribution is 5.77. The Hall–Kier alpha value is -2.15. The third-order valence-corrected chi connectivity index (χ3v) is 2.53. The topological polar surface area (TPSA) is 89.6 Å². The number of hydrogen-bond donors (Lipinski definition) is 2. The summed E-state index contributed by atoms with van der Waals surface area (Å²) in [5.41, 5.74) is 2.29. The first-order chi connectivity index (χ1) is 10.7. The summed E-state index contributed by atoms with van der Waals surface area (Å²) >= 11 is 0. The molecule has 23 heavy (non-hydrogen) atoms. The average molecular weight is 323 g/mol. The molecule has 1 aromatic rings. The van der Waals surface area contributed by atoms with Crippen LogP contribution in [0, 0.1) is 0 Å². The van der Waals surface area contributed by atoms with E-state index in [4.69, 9.17) is 9.57 Å². The molecular weight excluding hydrogens is 298 g/mol. The minimum Gasteiger partial charge on any atom is -0.444 e. The molecule has 1 heterocycles. The lowest BCUT2D eigenvalue weighted by atomic mass is 10.1. The van der Waals surface area contributed by atoms with Gasteiger partial charge in [0, 0.05) is 6.20 Å². The quantitative estimate of drug-likeness (QED) is 0.785. The van der Waals surface area contributed by atoms with Gasteiger partial charge in [-0.3, -0.25) is 14.6 Å². The van der Waals surface area contributed by atoms with Crippen LogP contribution in [0.5, 0.6) is 0 Å². The fraction of sp³-hybridized carbons (Fsp3) is 0.562. The van der Waals surface area contributed by atoms with Gasteiger partial charge in [0.25, 0.3) is 0 Å². The van der Waals surface area contributed by atoms with E-state index < -0.39 is 17.7 Å². The van der Waals surface area contributed by atoms with Gasteiger partial charge in [0.2, 0.25) is 5.91 Å². The Kier molecular flexibility index (Phi) is 6.96. The van der Waals surface area contributed by atoms with Crippen molar-refractivity contribution >= 4 is 12.0 Å². The number of ether oxygens (including phenoxy) is 1. The second-order valence-corrected chi connectivity index (χ2v) is 6.35. The summed E-state index contributed by atoms with van der Waals surface area (Å²) < 4.78 is 5.23. The summed E-state index contributed by atoms with van der Waals surface area (Å²) in [7, 11) is 0. The van der Waals surface area contributed by atoms with E-state index >= 15 is 0 Å². The minimum absolute atomic E-state index is 0.0109. The number of rotatable bonds is 6. The summed E-state index contributed by atoms with van der Waals surface area (Å²) in [5.74, 6) is -0.356. The molecule has 0 aliphatic heterocycles. The van der Waals surface area contributed by atoms with Gasteiger partial charge < -0.3 is 10.1 Å². The molecule has 1 rings (SSSR count).